The number of hydrogen-bond acceptors (Lipinski definition) is 8. The fourth-order valence-corrected chi connectivity index (χ4v) is 8.65. The Bertz CT molecular complexity index is 2310. The molecule has 0 aromatic heterocycles. The molecule has 4 aromatic carbocycles. The third kappa shape index (κ3) is 5.25. The Balaban J connectivity index is 1.27. The first-order valence-electron chi connectivity index (χ1n) is 15.1. The number of carbonyl (C=O) groups is 4. The van der Waals surface area contributed by atoms with Gasteiger partial charge in [-0.25, -0.2) is 16.8 Å². The van der Waals surface area contributed by atoms with Crippen LogP contribution in [-0.2, 0) is 25.1 Å². The topological polar surface area (TPSA) is 143 Å². The van der Waals surface area contributed by atoms with Crippen molar-refractivity contribution in [2.45, 2.75) is 58.6 Å². The summed E-state index contributed by atoms with van der Waals surface area (Å²) in [6.45, 7) is 7.43. The number of nitrogens with zero attached hydrogens (tertiary/aromatic N) is 2. The minimum Gasteiger partial charge on any atom is -0.277 e. The standard InChI is InChI=1S/C36H32N2O8S2/c1-21(2)22-8-6-10-24(16-22)47(43,44)25-11-7-9-23(17-25)36(3,4)20-38-34(41)29-15-13-27(19-31(29)35(38)42)48(45,46)26-12-14-28-30(18-26)33(40)37(5)32(28)39/h6-19,21H,20H2,1-5H3. The van der Waals surface area contributed by atoms with Crippen LogP contribution in [0.25, 0.3) is 0 Å². The first-order valence-corrected chi connectivity index (χ1v) is 18.1. The lowest BCUT2D eigenvalue weighted by Crippen LogP contribution is -2.40. The molecule has 246 valence electrons. The van der Waals surface area contributed by atoms with Gasteiger partial charge in [0.1, 0.15) is 0 Å². The zero-order valence-electron chi connectivity index (χ0n) is 26.8. The monoisotopic (exact) mass is 684 g/mol. The molecular weight excluding hydrogens is 653 g/mol. The average molecular weight is 685 g/mol. The Labute approximate surface area is 278 Å². The van der Waals surface area contributed by atoms with Crippen molar-refractivity contribution in [1.82, 2.24) is 9.80 Å². The van der Waals surface area contributed by atoms with Crippen molar-refractivity contribution in [3.05, 3.63) is 118 Å². The van der Waals surface area contributed by atoms with Crippen LogP contribution in [-0.4, -0.2) is 63.9 Å². The highest BCUT2D eigenvalue weighted by molar-refractivity contribution is 7.91. The van der Waals surface area contributed by atoms with Crippen LogP contribution in [0.3, 0.4) is 0 Å². The predicted octanol–water partition coefficient (Wildman–Crippen LogP) is 5.28. The van der Waals surface area contributed by atoms with Crippen LogP contribution < -0.4 is 0 Å². The summed E-state index contributed by atoms with van der Waals surface area (Å²) in [4.78, 5) is 53.5. The van der Waals surface area contributed by atoms with Gasteiger partial charge in [-0.3, -0.25) is 29.0 Å². The van der Waals surface area contributed by atoms with E-state index in [1.165, 1.54) is 37.4 Å². The molecule has 0 saturated heterocycles. The zero-order chi connectivity index (χ0) is 34.9. The van der Waals surface area contributed by atoms with Gasteiger partial charge in [-0.05, 0) is 77.7 Å². The number of imide groups is 2. The molecular formula is C36H32N2O8S2. The molecule has 0 radical (unpaired) electrons. The molecule has 2 aliphatic heterocycles. The molecule has 0 bridgehead atoms. The predicted molar refractivity (Wildman–Crippen MR) is 176 cm³/mol. The van der Waals surface area contributed by atoms with Crippen LogP contribution in [0.1, 0.15) is 86.2 Å². The third-order valence-electron chi connectivity index (χ3n) is 8.94. The molecule has 0 atom stereocenters. The lowest BCUT2D eigenvalue weighted by Gasteiger charge is -2.30. The summed E-state index contributed by atoms with van der Waals surface area (Å²) in [7, 11) is -6.81. The summed E-state index contributed by atoms with van der Waals surface area (Å²) in [5, 5.41) is 0. The second-order valence-corrected chi connectivity index (χ2v) is 16.8. The molecule has 0 unspecified atom stereocenters. The van der Waals surface area contributed by atoms with Gasteiger partial charge in [-0.1, -0.05) is 52.0 Å². The number of sulfone groups is 2. The minimum atomic E-state index is -4.25. The van der Waals surface area contributed by atoms with Gasteiger partial charge < -0.3 is 0 Å². The van der Waals surface area contributed by atoms with E-state index in [-0.39, 0.29) is 54.3 Å². The van der Waals surface area contributed by atoms with Crippen LogP contribution >= 0.6 is 0 Å². The fourth-order valence-electron chi connectivity index (χ4n) is 5.97. The maximum atomic E-state index is 13.6. The van der Waals surface area contributed by atoms with Gasteiger partial charge in [0, 0.05) is 19.0 Å². The molecule has 0 aliphatic carbocycles. The van der Waals surface area contributed by atoms with E-state index in [9.17, 15) is 36.0 Å². The van der Waals surface area contributed by atoms with Crippen LogP contribution in [0.15, 0.2) is 105 Å². The van der Waals surface area contributed by atoms with Gasteiger partial charge in [-0.15, -0.1) is 0 Å². The Morgan fingerprint density at radius 2 is 1.04 bits per heavy atom. The van der Waals surface area contributed by atoms with E-state index in [0.717, 1.165) is 27.5 Å². The van der Waals surface area contributed by atoms with Crippen molar-refractivity contribution < 1.29 is 36.0 Å². The van der Waals surface area contributed by atoms with E-state index in [1.807, 2.05) is 19.9 Å². The lowest BCUT2D eigenvalue weighted by atomic mass is 9.84. The lowest BCUT2D eigenvalue weighted by molar-refractivity contribution is 0.0620. The van der Waals surface area contributed by atoms with Crippen molar-refractivity contribution >= 4 is 43.3 Å². The Morgan fingerprint density at radius 3 is 1.62 bits per heavy atom. The van der Waals surface area contributed by atoms with E-state index in [4.69, 9.17) is 0 Å². The number of benzene rings is 4. The Kier molecular flexibility index (Phi) is 7.79. The summed E-state index contributed by atoms with van der Waals surface area (Å²) in [5.41, 5.74) is 0.579. The summed E-state index contributed by atoms with van der Waals surface area (Å²) in [6, 6.07) is 20.5. The molecule has 2 heterocycles. The third-order valence-corrected chi connectivity index (χ3v) is 12.4. The van der Waals surface area contributed by atoms with Crippen LogP contribution in [0.5, 0.6) is 0 Å². The van der Waals surface area contributed by atoms with Gasteiger partial charge in [0.2, 0.25) is 19.7 Å². The molecule has 48 heavy (non-hydrogen) atoms. The fraction of sp³-hybridized carbons (Fsp3) is 0.222. The SMILES string of the molecule is CC(C)c1cccc(S(=O)(=O)c2cccc(C(C)(C)CN3C(=O)c4ccc(S(=O)(=O)c5ccc6c(c5)C(=O)N(C)C6=O)cc4C3=O)c2)c1. The van der Waals surface area contributed by atoms with Gasteiger partial charge in [0.15, 0.2) is 0 Å². The Morgan fingerprint density at radius 1 is 0.583 bits per heavy atom. The average Bonchev–Trinajstić information content (AvgIpc) is 3.43. The molecule has 2 aliphatic rings. The highest BCUT2D eigenvalue weighted by Crippen LogP contribution is 2.35. The molecule has 10 nitrogen and oxygen atoms in total. The molecule has 0 fully saturated rings. The smallest absolute Gasteiger partial charge is 0.261 e. The van der Waals surface area contributed by atoms with Crippen molar-refractivity contribution in [3.63, 3.8) is 0 Å². The first-order chi connectivity index (χ1) is 22.4. The number of amides is 4. The van der Waals surface area contributed by atoms with E-state index < -0.39 is 48.7 Å². The molecule has 0 spiro atoms. The van der Waals surface area contributed by atoms with E-state index in [2.05, 4.69) is 0 Å². The number of fused-ring (bicyclic) bond motifs is 2. The van der Waals surface area contributed by atoms with Gasteiger partial charge in [0.25, 0.3) is 23.6 Å². The molecule has 12 heteroatoms. The molecule has 0 N–H and O–H groups in total. The number of rotatable bonds is 8. The first kappa shape index (κ1) is 33.0. The summed E-state index contributed by atoms with van der Waals surface area (Å²) < 4.78 is 54.4. The summed E-state index contributed by atoms with van der Waals surface area (Å²) in [6.07, 6.45) is 0. The van der Waals surface area contributed by atoms with E-state index >= 15 is 0 Å². The van der Waals surface area contributed by atoms with Gasteiger partial charge in [-0.2, -0.15) is 0 Å². The Hall–Kier alpha value is -4.94. The van der Waals surface area contributed by atoms with Crippen molar-refractivity contribution in [1.29, 1.82) is 0 Å². The van der Waals surface area contributed by atoms with Crippen molar-refractivity contribution in [2.75, 3.05) is 13.6 Å². The normalized spacial score (nSPS) is 15.0. The van der Waals surface area contributed by atoms with Gasteiger partial charge >= 0.3 is 0 Å². The van der Waals surface area contributed by atoms with E-state index in [1.54, 1.807) is 50.2 Å². The van der Waals surface area contributed by atoms with Crippen LogP contribution in [0.4, 0.5) is 0 Å². The molecule has 6 rings (SSSR count). The number of carbonyl (C=O) groups excluding carboxylic acids is 4. The minimum absolute atomic E-state index is 0.0347. The van der Waals surface area contributed by atoms with Crippen LogP contribution in [0, 0.1) is 0 Å². The summed E-state index contributed by atoms with van der Waals surface area (Å²) >= 11 is 0. The highest BCUT2D eigenvalue weighted by atomic mass is 32.2. The molecule has 0 saturated carbocycles. The summed E-state index contributed by atoms with van der Waals surface area (Å²) in [5.74, 6) is -2.31. The number of hydrogen-bond donors (Lipinski definition) is 0. The van der Waals surface area contributed by atoms with Gasteiger partial charge in [0.05, 0.1) is 41.8 Å². The maximum Gasteiger partial charge on any atom is 0.261 e. The van der Waals surface area contributed by atoms with Crippen molar-refractivity contribution in [2.24, 2.45) is 0 Å². The second kappa shape index (κ2) is 11.3. The zero-order valence-corrected chi connectivity index (χ0v) is 28.5. The van der Waals surface area contributed by atoms with Crippen LogP contribution in [0.2, 0.25) is 0 Å². The largest absolute Gasteiger partial charge is 0.277 e. The molecule has 4 aromatic rings. The highest BCUT2D eigenvalue weighted by Gasteiger charge is 2.41. The van der Waals surface area contributed by atoms with E-state index in [0.29, 0.717) is 5.56 Å². The van der Waals surface area contributed by atoms with Crippen molar-refractivity contribution in [3.8, 4) is 0 Å². The maximum absolute atomic E-state index is 13.6. The molecule has 4 amide bonds. The second-order valence-electron chi connectivity index (χ2n) is 12.9. The quantitative estimate of drug-likeness (QED) is 0.228.